The number of rotatable bonds is 2. The van der Waals surface area contributed by atoms with Gasteiger partial charge in [0.05, 0.1) is 0 Å². The van der Waals surface area contributed by atoms with Crippen molar-refractivity contribution < 1.29 is 0 Å². The lowest BCUT2D eigenvalue weighted by atomic mass is 10.1. The summed E-state index contributed by atoms with van der Waals surface area (Å²) in [5, 5.41) is 2.98. The summed E-state index contributed by atoms with van der Waals surface area (Å²) in [6.45, 7) is 11.0. The second-order valence-electron chi connectivity index (χ2n) is 5.63. The summed E-state index contributed by atoms with van der Waals surface area (Å²) in [5.41, 5.74) is 0.258. The molecule has 0 unspecified atom stereocenters. The van der Waals surface area contributed by atoms with E-state index in [1.807, 2.05) is 19.3 Å². The number of piperazine rings is 1. The Labute approximate surface area is 109 Å². The van der Waals surface area contributed by atoms with E-state index < -0.39 is 0 Å². The lowest BCUT2D eigenvalue weighted by Crippen LogP contribution is -2.53. The van der Waals surface area contributed by atoms with Crippen LogP contribution in [0.2, 0.25) is 0 Å². The average Bonchev–Trinajstić information content (AvgIpc) is 2.38. The van der Waals surface area contributed by atoms with Crippen LogP contribution in [0.4, 0.5) is 11.8 Å². The molecule has 0 aromatic carbocycles. The van der Waals surface area contributed by atoms with E-state index >= 15 is 0 Å². The quantitative estimate of drug-likeness (QED) is 0.859. The van der Waals surface area contributed by atoms with Crippen molar-refractivity contribution in [2.24, 2.45) is 0 Å². The van der Waals surface area contributed by atoms with Crippen LogP contribution in [0.3, 0.4) is 0 Å². The van der Waals surface area contributed by atoms with E-state index in [2.05, 4.69) is 45.9 Å². The van der Waals surface area contributed by atoms with E-state index in [4.69, 9.17) is 0 Å². The van der Waals surface area contributed by atoms with Crippen molar-refractivity contribution in [2.45, 2.75) is 26.3 Å². The molecule has 18 heavy (non-hydrogen) atoms. The third kappa shape index (κ3) is 2.90. The van der Waals surface area contributed by atoms with Gasteiger partial charge in [-0.3, -0.25) is 4.90 Å². The lowest BCUT2D eigenvalue weighted by molar-refractivity contribution is 0.128. The van der Waals surface area contributed by atoms with Crippen LogP contribution < -0.4 is 10.2 Å². The Balaban J connectivity index is 2.01. The summed E-state index contributed by atoms with van der Waals surface area (Å²) >= 11 is 0. The minimum atomic E-state index is 0.258. The van der Waals surface area contributed by atoms with E-state index in [0.29, 0.717) is 5.95 Å². The molecule has 2 rings (SSSR count). The molecule has 0 aliphatic carbocycles. The molecule has 1 aromatic heterocycles. The molecule has 0 atom stereocenters. The maximum absolute atomic E-state index is 4.49. The molecule has 1 fully saturated rings. The van der Waals surface area contributed by atoms with Crippen molar-refractivity contribution in [1.82, 2.24) is 14.9 Å². The topological polar surface area (TPSA) is 44.3 Å². The van der Waals surface area contributed by atoms with Crippen LogP contribution in [0.5, 0.6) is 0 Å². The largest absolute Gasteiger partial charge is 0.357 e. The first-order valence-electron chi connectivity index (χ1n) is 6.51. The smallest absolute Gasteiger partial charge is 0.224 e. The monoisotopic (exact) mass is 249 g/mol. The summed E-state index contributed by atoms with van der Waals surface area (Å²) in [6, 6.07) is 1.98. The molecule has 1 aliphatic heterocycles. The van der Waals surface area contributed by atoms with Gasteiger partial charge >= 0.3 is 0 Å². The Morgan fingerprint density at radius 1 is 1.17 bits per heavy atom. The zero-order valence-electron chi connectivity index (χ0n) is 11.8. The highest BCUT2D eigenvalue weighted by molar-refractivity contribution is 5.42. The predicted molar refractivity (Wildman–Crippen MR) is 75.1 cm³/mol. The lowest BCUT2D eigenvalue weighted by Gasteiger charge is -2.42. The number of hydrogen-bond acceptors (Lipinski definition) is 5. The highest BCUT2D eigenvalue weighted by atomic mass is 15.3. The van der Waals surface area contributed by atoms with E-state index in [1.165, 1.54) is 0 Å². The van der Waals surface area contributed by atoms with Gasteiger partial charge in [-0.15, -0.1) is 0 Å². The standard InChI is InChI=1S/C13H23N5/c1-13(2,3)18-9-7-17(8-10-18)11-5-6-15-12(14-4)16-11/h5-6H,7-10H2,1-4H3,(H,14,15,16). The molecule has 1 aromatic rings. The third-order valence-electron chi connectivity index (χ3n) is 3.42. The molecule has 1 saturated heterocycles. The van der Waals surface area contributed by atoms with E-state index in [0.717, 1.165) is 32.0 Å². The first-order valence-corrected chi connectivity index (χ1v) is 6.51. The third-order valence-corrected chi connectivity index (χ3v) is 3.42. The predicted octanol–water partition coefficient (Wildman–Crippen LogP) is 1.44. The van der Waals surface area contributed by atoms with Crippen LogP contribution in [0.25, 0.3) is 0 Å². The van der Waals surface area contributed by atoms with Crippen LogP contribution in [-0.2, 0) is 0 Å². The van der Waals surface area contributed by atoms with Gasteiger partial charge in [0.25, 0.3) is 0 Å². The fraction of sp³-hybridized carbons (Fsp3) is 0.692. The van der Waals surface area contributed by atoms with Gasteiger partial charge in [0.1, 0.15) is 5.82 Å². The van der Waals surface area contributed by atoms with Gasteiger partial charge in [-0.1, -0.05) is 0 Å². The molecule has 5 heteroatoms. The Kier molecular flexibility index (Phi) is 3.71. The van der Waals surface area contributed by atoms with Crippen molar-refractivity contribution in [3.63, 3.8) is 0 Å². The Bertz CT molecular complexity index is 391. The van der Waals surface area contributed by atoms with Gasteiger partial charge in [0.2, 0.25) is 5.95 Å². The Hall–Kier alpha value is -1.36. The van der Waals surface area contributed by atoms with Gasteiger partial charge in [0, 0.05) is 45.0 Å². The first kappa shape index (κ1) is 13.1. The zero-order chi connectivity index (χ0) is 13.2. The van der Waals surface area contributed by atoms with Crippen LogP contribution in [0.15, 0.2) is 12.3 Å². The summed E-state index contributed by atoms with van der Waals surface area (Å²) in [5.74, 6) is 1.70. The molecule has 1 aliphatic rings. The second-order valence-corrected chi connectivity index (χ2v) is 5.63. The van der Waals surface area contributed by atoms with Crippen molar-refractivity contribution in [2.75, 3.05) is 43.4 Å². The van der Waals surface area contributed by atoms with Crippen LogP contribution in [-0.4, -0.2) is 53.6 Å². The molecule has 5 nitrogen and oxygen atoms in total. The highest BCUT2D eigenvalue weighted by Crippen LogP contribution is 2.19. The van der Waals surface area contributed by atoms with Crippen molar-refractivity contribution in [3.05, 3.63) is 12.3 Å². The van der Waals surface area contributed by atoms with Crippen LogP contribution in [0, 0.1) is 0 Å². The van der Waals surface area contributed by atoms with E-state index in [-0.39, 0.29) is 5.54 Å². The van der Waals surface area contributed by atoms with Crippen molar-refractivity contribution in [3.8, 4) is 0 Å². The van der Waals surface area contributed by atoms with Crippen LogP contribution >= 0.6 is 0 Å². The summed E-state index contributed by atoms with van der Waals surface area (Å²) in [7, 11) is 1.84. The molecular formula is C13H23N5. The zero-order valence-corrected chi connectivity index (χ0v) is 11.8. The summed E-state index contributed by atoms with van der Waals surface area (Å²) in [6.07, 6.45) is 1.81. The number of anilines is 2. The second kappa shape index (κ2) is 5.10. The molecule has 100 valence electrons. The van der Waals surface area contributed by atoms with Crippen molar-refractivity contribution in [1.29, 1.82) is 0 Å². The van der Waals surface area contributed by atoms with E-state index in [9.17, 15) is 0 Å². The minimum Gasteiger partial charge on any atom is -0.357 e. The molecular weight excluding hydrogens is 226 g/mol. The fourth-order valence-corrected chi connectivity index (χ4v) is 2.25. The van der Waals surface area contributed by atoms with Gasteiger partial charge in [0.15, 0.2) is 0 Å². The molecule has 0 spiro atoms. The first-order chi connectivity index (χ1) is 8.50. The molecule has 0 bridgehead atoms. The molecule has 1 N–H and O–H groups in total. The number of nitrogens with one attached hydrogen (secondary N) is 1. The maximum Gasteiger partial charge on any atom is 0.224 e. The van der Waals surface area contributed by atoms with Crippen LogP contribution in [0.1, 0.15) is 20.8 Å². The Morgan fingerprint density at radius 3 is 2.39 bits per heavy atom. The summed E-state index contributed by atoms with van der Waals surface area (Å²) < 4.78 is 0. The number of hydrogen-bond donors (Lipinski definition) is 1. The molecule has 0 amide bonds. The molecule has 2 heterocycles. The summed E-state index contributed by atoms with van der Waals surface area (Å²) in [4.78, 5) is 13.5. The van der Waals surface area contributed by atoms with Gasteiger partial charge in [-0.05, 0) is 26.8 Å². The number of nitrogens with zero attached hydrogens (tertiary/aromatic N) is 4. The Morgan fingerprint density at radius 2 is 1.83 bits per heavy atom. The minimum absolute atomic E-state index is 0.258. The van der Waals surface area contributed by atoms with Gasteiger partial charge < -0.3 is 10.2 Å². The highest BCUT2D eigenvalue weighted by Gasteiger charge is 2.26. The average molecular weight is 249 g/mol. The van der Waals surface area contributed by atoms with Crippen molar-refractivity contribution >= 4 is 11.8 Å². The SMILES string of the molecule is CNc1nccc(N2CCN(C(C)(C)C)CC2)n1. The molecule has 0 saturated carbocycles. The normalized spacial score (nSPS) is 17.9. The fourth-order valence-electron chi connectivity index (χ4n) is 2.25. The van der Waals surface area contributed by atoms with Gasteiger partial charge in [-0.25, -0.2) is 4.98 Å². The molecule has 0 radical (unpaired) electrons. The van der Waals surface area contributed by atoms with E-state index in [1.54, 1.807) is 0 Å². The van der Waals surface area contributed by atoms with Gasteiger partial charge in [-0.2, -0.15) is 4.98 Å². The number of aromatic nitrogens is 2. The maximum atomic E-state index is 4.49.